The van der Waals surface area contributed by atoms with Crippen LogP contribution in [0.2, 0.25) is 0 Å². The molecule has 1 aliphatic rings. The van der Waals surface area contributed by atoms with Crippen LogP contribution in [0.3, 0.4) is 0 Å². The van der Waals surface area contributed by atoms with Gasteiger partial charge in [0.15, 0.2) is 0 Å². The first kappa shape index (κ1) is 14.5. The second kappa shape index (κ2) is 5.21. The molecule has 1 fully saturated rings. The molecule has 19 heavy (non-hydrogen) atoms. The average molecular weight is 283 g/mol. The molecule has 2 heterocycles. The van der Waals surface area contributed by atoms with Crippen molar-refractivity contribution in [3.8, 4) is 0 Å². The molecule has 106 valence electrons. The minimum atomic E-state index is -0.786. The van der Waals surface area contributed by atoms with Crippen molar-refractivity contribution in [2.24, 2.45) is 5.41 Å². The fraction of sp³-hybridized carbons (Fsp3) is 0.714. The summed E-state index contributed by atoms with van der Waals surface area (Å²) in [7, 11) is 0. The van der Waals surface area contributed by atoms with Crippen molar-refractivity contribution in [1.82, 2.24) is 4.98 Å². The predicted octanol–water partition coefficient (Wildman–Crippen LogP) is 2.86. The molecule has 0 aromatic carbocycles. The summed E-state index contributed by atoms with van der Waals surface area (Å²) in [5.41, 5.74) is 0.254. The molecule has 0 bridgehead atoms. The maximum atomic E-state index is 11.6. The summed E-state index contributed by atoms with van der Waals surface area (Å²) in [6, 6.07) is 0. The van der Waals surface area contributed by atoms with E-state index in [4.69, 9.17) is 4.74 Å². The first-order chi connectivity index (χ1) is 8.83. The molecular weight excluding hydrogens is 262 g/mol. The Bertz CT molecular complexity index is 456. The Hall–Kier alpha value is -0.940. The van der Waals surface area contributed by atoms with E-state index in [1.165, 1.54) is 0 Å². The molecule has 1 unspecified atom stereocenters. The molecule has 0 aliphatic carbocycles. The SMILES string of the molecule is CC(C)(C)c1csc(CC2(C(=O)O)CCCOC2)n1. The second-order valence-corrected chi connectivity index (χ2v) is 7.24. The fourth-order valence-electron chi connectivity index (χ4n) is 2.26. The molecule has 5 heteroatoms. The van der Waals surface area contributed by atoms with Crippen LogP contribution in [0.25, 0.3) is 0 Å². The van der Waals surface area contributed by atoms with E-state index < -0.39 is 11.4 Å². The Morgan fingerprint density at radius 3 is 2.79 bits per heavy atom. The smallest absolute Gasteiger partial charge is 0.312 e. The number of aliphatic carboxylic acids is 1. The lowest BCUT2D eigenvalue weighted by Crippen LogP contribution is -2.41. The highest BCUT2D eigenvalue weighted by Crippen LogP contribution is 2.35. The number of hydrogen-bond acceptors (Lipinski definition) is 4. The number of carboxylic acids is 1. The largest absolute Gasteiger partial charge is 0.481 e. The van der Waals surface area contributed by atoms with Gasteiger partial charge in [-0.25, -0.2) is 4.98 Å². The van der Waals surface area contributed by atoms with Gasteiger partial charge in [0, 0.05) is 23.8 Å². The Morgan fingerprint density at radius 1 is 1.58 bits per heavy atom. The zero-order valence-electron chi connectivity index (χ0n) is 11.7. The molecule has 0 spiro atoms. The molecule has 1 atom stereocenters. The van der Waals surface area contributed by atoms with Crippen LogP contribution < -0.4 is 0 Å². The van der Waals surface area contributed by atoms with Crippen LogP contribution in [0, 0.1) is 5.41 Å². The van der Waals surface area contributed by atoms with Crippen LogP contribution >= 0.6 is 11.3 Å². The Labute approximate surface area is 117 Å². The second-order valence-electron chi connectivity index (χ2n) is 6.29. The highest BCUT2D eigenvalue weighted by Gasteiger charge is 2.41. The number of thiazole rings is 1. The predicted molar refractivity (Wildman–Crippen MR) is 74.6 cm³/mol. The quantitative estimate of drug-likeness (QED) is 0.926. The maximum absolute atomic E-state index is 11.6. The Kier molecular flexibility index (Phi) is 3.97. The average Bonchev–Trinajstić information content (AvgIpc) is 2.78. The lowest BCUT2D eigenvalue weighted by molar-refractivity contribution is -0.157. The summed E-state index contributed by atoms with van der Waals surface area (Å²) in [6.45, 7) is 7.31. The van der Waals surface area contributed by atoms with Crippen molar-refractivity contribution in [3.05, 3.63) is 16.1 Å². The maximum Gasteiger partial charge on any atom is 0.312 e. The summed E-state index contributed by atoms with van der Waals surface area (Å²) in [5.74, 6) is -0.764. The van der Waals surface area contributed by atoms with Gasteiger partial charge >= 0.3 is 5.97 Å². The minimum Gasteiger partial charge on any atom is -0.481 e. The molecule has 0 saturated carbocycles. The summed E-state index contributed by atoms with van der Waals surface area (Å²) in [5, 5.41) is 12.5. The van der Waals surface area contributed by atoms with Gasteiger partial charge < -0.3 is 9.84 Å². The molecule has 2 rings (SSSR count). The van der Waals surface area contributed by atoms with Gasteiger partial charge in [0.1, 0.15) is 0 Å². The lowest BCUT2D eigenvalue weighted by atomic mass is 9.80. The molecule has 1 aromatic heterocycles. The normalized spacial score (nSPS) is 24.4. The number of hydrogen-bond donors (Lipinski definition) is 1. The molecular formula is C14H21NO3S. The van der Waals surface area contributed by atoms with Crippen molar-refractivity contribution in [3.63, 3.8) is 0 Å². The van der Waals surface area contributed by atoms with Crippen molar-refractivity contribution >= 4 is 17.3 Å². The van der Waals surface area contributed by atoms with Gasteiger partial charge in [0.25, 0.3) is 0 Å². The molecule has 0 amide bonds. The zero-order chi connectivity index (χ0) is 14.1. The lowest BCUT2D eigenvalue weighted by Gasteiger charge is -2.32. The Balaban J connectivity index is 2.18. The van der Waals surface area contributed by atoms with E-state index in [0.29, 0.717) is 26.1 Å². The van der Waals surface area contributed by atoms with E-state index in [1.807, 2.05) is 5.38 Å². The highest BCUT2D eigenvalue weighted by molar-refractivity contribution is 7.09. The fourth-order valence-corrected chi connectivity index (χ4v) is 3.43. The van der Waals surface area contributed by atoms with E-state index in [9.17, 15) is 9.90 Å². The molecule has 0 radical (unpaired) electrons. The van der Waals surface area contributed by atoms with Gasteiger partial charge in [-0.3, -0.25) is 4.79 Å². The first-order valence-electron chi connectivity index (χ1n) is 6.60. The number of ether oxygens (including phenoxy) is 1. The van der Waals surface area contributed by atoms with Crippen LogP contribution in [0.5, 0.6) is 0 Å². The summed E-state index contributed by atoms with van der Waals surface area (Å²) >= 11 is 1.56. The van der Waals surface area contributed by atoms with E-state index in [1.54, 1.807) is 11.3 Å². The standard InChI is InChI=1S/C14H21NO3S/c1-13(2,3)10-8-19-11(15-10)7-14(12(16)17)5-4-6-18-9-14/h8H,4-7,9H2,1-3H3,(H,16,17). The Morgan fingerprint density at radius 2 is 2.32 bits per heavy atom. The van der Waals surface area contributed by atoms with E-state index in [2.05, 4.69) is 25.8 Å². The third kappa shape index (κ3) is 3.15. The van der Waals surface area contributed by atoms with Crippen molar-refractivity contribution < 1.29 is 14.6 Å². The number of carboxylic acid groups (broad SMARTS) is 1. The number of rotatable bonds is 3. The third-order valence-electron chi connectivity index (χ3n) is 3.59. The number of aromatic nitrogens is 1. The summed E-state index contributed by atoms with van der Waals surface area (Å²) < 4.78 is 5.39. The third-order valence-corrected chi connectivity index (χ3v) is 4.43. The zero-order valence-corrected chi connectivity index (χ0v) is 12.5. The highest BCUT2D eigenvalue weighted by atomic mass is 32.1. The monoisotopic (exact) mass is 283 g/mol. The van der Waals surface area contributed by atoms with Crippen LogP contribution in [0.4, 0.5) is 0 Å². The topological polar surface area (TPSA) is 59.4 Å². The van der Waals surface area contributed by atoms with Gasteiger partial charge in [0.05, 0.1) is 22.7 Å². The molecule has 1 saturated heterocycles. The van der Waals surface area contributed by atoms with Crippen molar-refractivity contribution in [2.75, 3.05) is 13.2 Å². The minimum absolute atomic E-state index is 0.00814. The van der Waals surface area contributed by atoms with Crippen LogP contribution in [-0.2, 0) is 21.4 Å². The first-order valence-corrected chi connectivity index (χ1v) is 7.47. The van der Waals surface area contributed by atoms with Gasteiger partial charge in [-0.15, -0.1) is 11.3 Å². The van der Waals surface area contributed by atoms with E-state index in [-0.39, 0.29) is 5.41 Å². The number of carbonyl (C=O) groups is 1. The summed E-state index contributed by atoms with van der Waals surface area (Å²) in [6.07, 6.45) is 1.96. The van der Waals surface area contributed by atoms with E-state index >= 15 is 0 Å². The molecule has 1 aromatic rings. The van der Waals surface area contributed by atoms with Gasteiger partial charge in [-0.2, -0.15) is 0 Å². The van der Waals surface area contributed by atoms with Crippen LogP contribution in [0.1, 0.15) is 44.3 Å². The van der Waals surface area contributed by atoms with Crippen LogP contribution in [0.15, 0.2) is 5.38 Å². The molecule has 4 nitrogen and oxygen atoms in total. The van der Waals surface area contributed by atoms with Crippen molar-refractivity contribution in [2.45, 2.75) is 45.4 Å². The molecule has 1 aliphatic heterocycles. The van der Waals surface area contributed by atoms with Gasteiger partial charge in [-0.1, -0.05) is 20.8 Å². The number of nitrogens with zero attached hydrogens (tertiary/aromatic N) is 1. The van der Waals surface area contributed by atoms with Gasteiger partial charge in [-0.05, 0) is 12.8 Å². The van der Waals surface area contributed by atoms with Gasteiger partial charge in [0.2, 0.25) is 0 Å². The van der Waals surface area contributed by atoms with Crippen LogP contribution in [-0.4, -0.2) is 29.3 Å². The summed E-state index contributed by atoms with van der Waals surface area (Å²) in [4.78, 5) is 16.2. The molecule has 1 N–H and O–H groups in total. The van der Waals surface area contributed by atoms with E-state index in [0.717, 1.165) is 17.1 Å². The van der Waals surface area contributed by atoms with Crippen molar-refractivity contribution in [1.29, 1.82) is 0 Å².